The summed E-state index contributed by atoms with van der Waals surface area (Å²) in [5.74, 6) is 1.48. The van der Waals surface area contributed by atoms with E-state index in [-0.39, 0.29) is 23.9 Å². The van der Waals surface area contributed by atoms with Gasteiger partial charge in [-0.05, 0) is 106 Å². The van der Waals surface area contributed by atoms with Crippen molar-refractivity contribution in [2.75, 3.05) is 6.54 Å². The number of thioether (sulfide) groups is 2. The highest BCUT2D eigenvalue weighted by atomic mass is 35.5. The molecule has 6 rings (SSSR count). The zero-order valence-corrected chi connectivity index (χ0v) is 34.3. The maximum Gasteiger partial charge on any atom is 0.255 e. The number of carbonyl (C=O) groups is 2. The van der Waals surface area contributed by atoms with Crippen molar-refractivity contribution in [2.45, 2.75) is 105 Å². The summed E-state index contributed by atoms with van der Waals surface area (Å²) in [4.78, 5) is 40.2. The standard InChI is InChI=1S/2C20H22Cl2N2OS/c1-13-5-3-6-14(2)24(13)20(25)16-9-15(10-23-11-16)12-26-19-17(21)7-4-8-18(19)22;1-2-16-6-3-4-9-24(16)20(25)15-10-14(11-23-12-15)13-26-19-17(21)7-5-8-18(19)22/h4,7-11,13-14H,3,5-6,12H2,1-2H3;5,7-8,10-12,16H,2-4,6,9,13H2,1H3. The Balaban J connectivity index is 0.000000201. The summed E-state index contributed by atoms with van der Waals surface area (Å²) in [5.41, 5.74) is 3.28. The number of aromatic nitrogens is 2. The lowest BCUT2D eigenvalue weighted by Gasteiger charge is -2.39. The van der Waals surface area contributed by atoms with Crippen LogP contribution >= 0.6 is 69.9 Å². The van der Waals surface area contributed by atoms with Gasteiger partial charge in [0.15, 0.2) is 0 Å². The number of amides is 2. The Bertz CT molecular complexity index is 1800. The molecule has 0 radical (unpaired) electrons. The molecule has 2 aromatic heterocycles. The smallest absolute Gasteiger partial charge is 0.255 e. The van der Waals surface area contributed by atoms with Gasteiger partial charge < -0.3 is 9.80 Å². The SMILES string of the molecule is CC1CCCC(C)N1C(=O)c1cncc(CSc2c(Cl)cccc2Cl)c1.CCC1CCCCN1C(=O)c1cncc(CSc2c(Cl)cccc2Cl)c1. The molecule has 52 heavy (non-hydrogen) atoms. The van der Waals surface area contributed by atoms with Crippen molar-refractivity contribution in [2.24, 2.45) is 0 Å². The highest BCUT2D eigenvalue weighted by Crippen LogP contribution is 2.37. The molecular formula is C40H44Cl4N4O2S2. The lowest BCUT2D eigenvalue weighted by Crippen LogP contribution is -2.47. The molecule has 0 saturated carbocycles. The van der Waals surface area contributed by atoms with E-state index >= 15 is 0 Å². The molecule has 12 heteroatoms. The Hall–Kier alpha value is -2.46. The number of pyridine rings is 2. The maximum atomic E-state index is 13.0. The number of rotatable bonds is 9. The number of nitrogens with zero attached hydrogens (tertiary/aromatic N) is 4. The molecule has 2 saturated heterocycles. The molecule has 4 heterocycles. The van der Waals surface area contributed by atoms with Crippen molar-refractivity contribution in [1.82, 2.24) is 19.8 Å². The molecule has 276 valence electrons. The van der Waals surface area contributed by atoms with Gasteiger partial charge in [0.2, 0.25) is 0 Å². The molecule has 2 aliphatic heterocycles. The summed E-state index contributed by atoms with van der Waals surface area (Å²) in [5, 5.41) is 2.56. The molecule has 0 spiro atoms. The second kappa shape index (κ2) is 19.7. The second-order valence-corrected chi connectivity index (χ2v) is 16.8. The van der Waals surface area contributed by atoms with Gasteiger partial charge in [-0.25, -0.2) is 0 Å². The number of benzene rings is 2. The van der Waals surface area contributed by atoms with Crippen LogP contribution in [0, 0.1) is 0 Å². The van der Waals surface area contributed by atoms with Gasteiger partial charge in [-0.15, -0.1) is 23.5 Å². The van der Waals surface area contributed by atoms with Crippen LogP contribution in [0.3, 0.4) is 0 Å². The first-order valence-corrected chi connectivity index (χ1v) is 21.2. The Morgan fingerprint density at radius 3 is 1.65 bits per heavy atom. The van der Waals surface area contributed by atoms with Gasteiger partial charge >= 0.3 is 0 Å². The summed E-state index contributed by atoms with van der Waals surface area (Å²) in [6.07, 6.45) is 14.6. The lowest BCUT2D eigenvalue weighted by molar-refractivity contribution is 0.0509. The summed E-state index contributed by atoms with van der Waals surface area (Å²) >= 11 is 28.0. The van der Waals surface area contributed by atoms with E-state index in [1.807, 2.05) is 58.3 Å². The average Bonchev–Trinajstić information content (AvgIpc) is 3.14. The van der Waals surface area contributed by atoms with Gasteiger partial charge in [-0.3, -0.25) is 19.6 Å². The number of hydrogen-bond donors (Lipinski definition) is 0. The molecule has 6 nitrogen and oxygen atoms in total. The first-order valence-electron chi connectivity index (χ1n) is 17.7. The zero-order valence-electron chi connectivity index (χ0n) is 29.7. The first kappa shape index (κ1) is 40.7. The molecule has 3 atom stereocenters. The topological polar surface area (TPSA) is 66.4 Å². The Morgan fingerprint density at radius 1 is 0.692 bits per heavy atom. The lowest BCUT2D eigenvalue weighted by atomic mass is 9.96. The highest BCUT2D eigenvalue weighted by Gasteiger charge is 2.30. The Labute approximate surface area is 336 Å². The number of halogens is 4. The molecule has 0 aliphatic carbocycles. The van der Waals surface area contributed by atoms with Crippen molar-refractivity contribution in [3.05, 3.63) is 116 Å². The Morgan fingerprint density at radius 2 is 1.17 bits per heavy atom. The van der Waals surface area contributed by atoms with Crippen LogP contribution in [-0.2, 0) is 11.5 Å². The number of piperidine rings is 2. The summed E-state index contributed by atoms with van der Waals surface area (Å²) in [6, 6.07) is 15.7. The van der Waals surface area contributed by atoms with Crippen molar-refractivity contribution in [3.63, 3.8) is 0 Å². The van der Waals surface area contributed by atoms with Crippen LogP contribution < -0.4 is 0 Å². The van der Waals surface area contributed by atoms with Crippen LogP contribution in [0.2, 0.25) is 20.1 Å². The summed E-state index contributed by atoms with van der Waals surface area (Å²) in [7, 11) is 0. The predicted molar refractivity (Wildman–Crippen MR) is 218 cm³/mol. The van der Waals surface area contributed by atoms with E-state index in [0.29, 0.717) is 48.8 Å². The van der Waals surface area contributed by atoms with E-state index in [0.717, 1.165) is 59.6 Å². The van der Waals surface area contributed by atoms with Crippen molar-refractivity contribution < 1.29 is 9.59 Å². The van der Waals surface area contributed by atoms with Crippen LogP contribution in [-0.4, -0.2) is 56.3 Å². The fraction of sp³-hybridized carbons (Fsp3) is 0.400. The van der Waals surface area contributed by atoms with Crippen molar-refractivity contribution in [1.29, 1.82) is 0 Å². The number of likely N-dealkylation sites (tertiary alicyclic amines) is 2. The van der Waals surface area contributed by atoms with E-state index in [9.17, 15) is 9.59 Å². The Kier molecular flexibility index (Phi) is 15.5. The van der Waals surface area contributed by atoms with Gasteiger partial charge in [0, 0.05) is 70.8 Å². The normalized spacial score (nSPS) is 18.8. The monoisotopic (exact) mass is 816 g/mol. The van der Waals surface area contributed by atoms with Gasteiger partial charge in [-0.2, -0.15) is 0 Å². The maximum absolute atomic E-state index is 13.0. The number of carbonyl (C=O) groups excluding carboxylic acids is 2. The van der Waals surface area contributed by atoms with Crippen molar-refractivity contribution in [3.8, 4) is 0 Å². The minimum Gasteiger partial charge on any atom is -0.336 e. The third kappa shape index (κ3) is 10.6. The molecule has 0 N–H and O–H groups in total. The van der Waals surface area contributed by atoms with Gasteiger partial charge in [-0.1, -0.05) is 65.5 Å². The quantitative estimate of drug-likeness (QED) is 0.157. The second-order valence-electron chi connectivity index (χ2n) is 13.2. The van der Waals surface area contributed by atoms with E-state index in [1.54, 1.807) is 48.3 Å². The van der Waals surface area contributed by atoms with Gasteiger partial charge in [0.25, 0.3) is 11.8 Å². The van der Waals surface area contributed by atoms with E-state index in [2.05, 4.69) is 30.7 Å². The molecule has 2 fully saturated rings. The third-order valence-corrected chi connectivity index (χ3v) is 13.6. The fourth-order valence-corrected chi connectivity index (χ4v) is 9.96. The predicted octanol–water partition coefficient (Wildman–Crippen LogP) is 12.2. The largest absolute Gasteiger partial charge is 0.336 e. The zero-order chi connectivity index (χ0) is 37.2. The van der Waals surface area contributed by atoms with Crippen LogP contribution in [0.15, 0.2) is 83.1 Å². The third-order valence-electron chi connectivity index (χ3n) is 9.48. The first-order chi connectivity index (χ1) is 25.1. The highest BCUT2D eigenvalue weighted by molar-refractivity contribution is 7.99. The van der Waals surface area contributed by atoms with Gasteiger partial charge in [0.05, 0.1) is 31.2 Å². The molecule has 2 amide bonds. The average molecular weight is 819 g/mol. The molecule has 0 bridgehead atoms. The number of hydrogen-bond acceptors (Lipinski definition) is 6. The van der Waals surface area contributed by atoms with Crippen LogP contribution in [0.1, 0.15) is 97.6 Å². The van der Waals surface area contributed by atoms with Crippen LogP contribution in [0.25, 0.3) is 0 Å². The molecule has 4 aromatic rings. The van der Waals surface area contributed by atoms with Crippen LogP contribution in [0.4, 0.5) is 0 Å². The van der Waals surface area contributed by atoms with E-state index in [1.165, 1.54) is 12.8 Å². The van der Waals surface area contributed by atoms with E-state index < -0.39 is 0 Å². The molecule has 3 unspecified atom stereocenters. The summed E-state index contributed by atoms with van der Waals surface area (Å²) in [6.45, 7) is 7.24. The van der Waals surface area contributed by atoms with Crippen LogP contribution in [0.5, 0.6) is 0 Å². The summed E-state index contributed by atoms with van der Waals surface area (Å²) < 4.78 is 0. The van der Waals surface area contributed by atoms with E-state index in [4.69, 9.17) is 46.4 Å². The fourth-order valence-electron chi connectivity index (χ4n) is 6.75. The van der Waals surface area contributed by atoms with Crippen molar-refractivity contribution >= 4 is 81.7 Å². The van der Waals surface area contributed by atoms with Gasteiger partial charge in [0.1, 0.15) is 0 Å². The molecule has 2 aliphatic rings. The minimum atomic E-state index is 0.0693. The molecule has 2 aromatic carbocycles. The molecular weight excluding hydrogens is 774 g/mol. The minimum absolute atomic E-state index is 0.0693.